The van der Waals surface area contributed by atoms with Gasteiger partial charge in [-0.1, -0.05) is 0 Å². The van der Waals surface area contributed by atoms with Crippen molar-refractivity contribution in [3.05, 3.63) is 21.9 Å². The Morgan fingerprint density at radius 1 is 1.67 bits per heavy atom. The summed E-state index contributed by atoms with van der Waals surface area (Å²) in [7, 11) is 0. The number of hydrogen-bond acceptors (Lipinski definition) is 2. The van der Waals surface area contributed by atoms with Gasteiger partial charge in [0.25, 0.3) is 0 Å². The molecule has 12 heavy (non-hydrogen) atoms. The lowest BCUT2D eigenvalue weighted by Gasteiger charge is -2.17. The number of hydrogen-bond donors (Lipinski definition) is 1. The molecule has 0 aliphatic heterocycles. The molecule has 0 amide bonds. The zero-order valence-electron chi connectivity index (χ0n) is 6.62. The van der Waals surface area contributed by atoms with Crippen LogP contribution in [0.25, 0.3) is 0 Å². The highest BCUT2D eigenvalue weighted by molar-refractivity contribution is 7.10. The van der Waals surface area contributed by atoms with E-state index in [1.807, 2.05) is 0 Å². The predicted octanol–water partition coefficient (Wildman–Crippen LogP) is 1.94. The van der Waals surface area contributed by atoms with E-state index in [0.29, 0.717) is 0 Å². The monoisotopic (exact) mass is 182 g/mol. The summed E-state index contributed by atoms with van der Waals surface area (Å²) in [6, 6.07) is 2.05. The topological polar surface area (TPSA) is 37.3 Å². The van der Waals surface area contributed by atoms with Crippen LogP contribution >= 0.6 is 11.3 Å². The maximum absolute atomic E-state index is 10.7. The van der Waals surface area contributed by atoms with E-state index >= 15 is 0 Å². The summed E-state index contributed by atoms with van der Waals surface area (Å²) < 4.78 is 0. The molecule has 0 spiro atoms. The summed E-state index contributed by atoms with van der Waals surface area (Å²) in [5.41, 5.74) is 1.25. The average molecular weight is 182 g/mol. The summed E-state index contributed by atoms with van der Waals surface area (Å²) in [5.74, 6) is -0.793. The van der Waals surface area contributed by atoms with Gasteiger partial charge in [0.1, 0.15) is 0 Å². The van der Waals surface area contributed by atoms with E-state index in [4.69, 9.17) is 5.11 Å². The van der Waals surface area contributed by atoms with Crippen molar-refractivity contribution < 1.29 is 9.90 Å². The molecule has 1 unspecified atom stereocenters. The first-order chi connectivity index (χ1) is 5.77. The summed E-state index contributed by atoms with van der Waals surface area (Å²) in [6.45, 7) is 0. The molecule has 0 radical (unpaired) electrons. The summed E-state index contributed by atoms with van der Waals surface area (Å²) in [5, 5.41) is 10.9. The van der Waals surface area contributed by atoms with Gasteiger partial charge in [-0.05, 0) is 36.3 Å². The predicted molar refractivity (Wildman–Crippen MR) is 47.5 cm³/mol. The lowest BCUT2D eigenvalue weighted by atomic mass is 9.89. The van der Waals surface area contributed by atoms with Gasteiger partial charge in [0.2, 0.25) is 0 Å². The Hall–Kier alpha value is -0.830. The number of thiophene rings is 1. The van der Waals surface area contributed by atoms with Gasteiger partial charge >= 0.3 is 5.97 Å². The van der Waals surface area contributed by atoms with Crippen molar-refractivity contribution in [3.8, 4) is 0 Å². The Labute approximate surface area is 74.8 Å². The van der Waals surface area contributed by atoms with Gasteiger partial charge in [-0.25, -0.2) is 0 Å². The maximum Gasteiger partial charge on any atom is 0.306 e. The first-order valence-electron chi connectivity index (χ1n) is 4.05. The Morgan fingerprint density at radius 2 is 2.50 bits per heavy atom. The van der Waals surface area contributed by atoms with Gasteiger partial charge in [0, 0.05) is 4.88 Å². The zero-order valence-corrected chi connectivity index (χ0v) is 7.43. The lowest BCUT2D eigenvalue weighted by Crippen LogP contribution is -2.20. The summed E-state index contributed by atoms with van der Waals surface area (Å²) in [4.78, 5) is 12.1. The fourth-order valence-electron chi connectivity index (χ4n) is 1.65. The highest BCUT2D eigenvalue weighted by Gasteiger charge is 2.24. The molecule has 2 rings (SSSR count). The first-order valence-corrected chi connectivity index (χ1v) is 4.93. The minimum absolute atomic E-state index is 0.146. The Bertz CT molecular complexity index is 303. The van der Waals surface area contributed by atoms with Crippen LogP contribution in [-0.2, 0) is 17.6 Å². The number of carboxylic acid groups (broad SMARTS) is 1. The third-order valence-corrected chi connectivity index (χ3v) is 3.40. The van der Waals surface area contributed by atoms with Gasteiger partial charge in [-0.15, -0.1) is 11.3 Å². The molecule has 2 nitrogen and oxygen atoms in total. The third-order valence-electron chi connectivity index (χ3n) is 2.37. The molecule has 0 bridgehead atoms. The number of carboxylic acids is 1. The molecule has 64 valence electrons. The van der Waals surface area contributed by atoms with Gasteiger partial charge in [-0.2, -0.15) is 0 Å². The van der Waals surface area contributed by atoms with E-state index in [2.05, 4.69) is 11.4 Å². The molecule has 1 heterocycles. The second kappa shape index (κ2) is 2.90. The molecule has 0 fully saturated rings. The van der Waals surface area contributed by atoms with Gasteiger partial charge in [0.05, 0.1) is 5.92 Å². The van der Waals surface area contributed by atoms with Crippen molar-refractivity contribution in [2.75, 3.05) is 0 Å². The van der Waals surface area contributed by atoms with Crippen LogP contribution < -0.4 is 0 Å². The Morgan fingerprint density at radius 3 is 3.25 bits per heavy atom. The van der Waals surface area contributed by atoms with E-state index in [1.165, 1.54) is 10.4 Å². The quantitative estimate of drug-likeness (QED) is 0.720. The van der Waals surface area contributed by atoms with Crippen molar-refractivity contribution in [1.82, 2.24) is 0 Å². The van der Waals surface area contributed by atoms with E-state index in [9.17, 15) is 4.79 Å². The molecule has 1 N–H and O–H groups in total. The van der Waals surface area contributed by atoms with E-state index < -0.39 is 5.97 Å². The SMILES string of the molecule is O=C(O)C1CCc2sccc2C1. The molecule has 0 saturated carbocycles. The molecule has 1 atom stereocenters. The van der Waals surface area contributed by atoms with Crippen LogP contribution in [-0.4, -0.2) is 11.1 Å². The highest BCUT2D eigenvalue weighted by Crippen LogP contribution is 2.29. The maximum atomic E-state index is 10.7. The zero-order chi connectivity index (χ0) is 8.55. The van der Waals surface area contributed by atoms with Crippen molar-refractivity contribution in [1.29, 1.82) is 0 Å². The number of carbonyl (C=O) groups is 1. The van der Waals surface area contributed by atoms with Crippen molar-refractivity contribution in [2.45, 2.75) is 19.3 Å². The van der Waals surface area contributed by atoms with Gasteiger partial charge < -0.3 is 5.11 Å². The minimum atomic E-state index is -0.646. The highest BCUT2D eigenvalue weighted by atomic mass is 32.1. The fourth-order valence-corrected chi connectivity index (χ4v) is 2.59. The first kappa shape index (κ1) is 7.80. The Kier molecular flexibility index (Phi) is 1.89. The van der Waals surface area contributed by atoms with Crippen molar-refractivity contribution in [2.24, 2.45) is 5.92 Å². The molecule has 0 aromatic carbocycles. The van der Waals surface area contributed by atoms with Crippen LogP contribution in [0.5, 0.6) is 0 Å². The smallest absolute Gasteiger partial charge is 0.306 e. The molecule has 1 aromatic rings. The van der Waals surface area contributed by atoms with E-state index in [-0.39, 0.29) is 5.92 Å². The van der Waals surface area contributed by atoms with Crippen LogP contribution in [0.15, 0.2) is 11.4 Å². The number of fused-ring (bicyclic) bond motifs is 1. The van der Waals surface area contributed by atoms with Gasteiger partial charge in [0.15, 0.2) is 0 Å². The van der Waals surface area contributed by atoms with Crippen LogP contribution in [0.2, 0.25) is 0 Å². The minimum Gasteiger partial charge on any atom is -0.481 e. The van der Waals surface area contributed by atoms with Crippen LogP contribution in [0.4, 0.5) is 0 Å². The average Bonchev–Trinajstić information content (AvgIpc) is 2.49. The number of rotatable bonds is 1. The third kappa shape index (κ3) is 1.25. The molecular weight excluding hydrogens is 172 g/mol. The van der Waals surface area contributed by atoms with Crippen molar-refractivity contribution in [3.63, 3.8) is 0 Å². The van der Waals surface area contributed by atoms with Crippen LogP contribution in [0.3, 0.4) is 0 Å². The van der Waals surface area contributed by atoms with E-state index in [1.54, 1.807) is 11.3 Å². The summed E-state index contributed by atoms with van der Waals surface area (Å²) >= 11 is 1.75. The molecular formula is C9H10O2S. The number of aryl methyl sites for hydroxylation is 1. The second-order valence-corrected chi connectivity index (χ2v) is 4.15. The molecule has 0 saturated heterocycles. The normalized spacial score (nSPS) is 21.8. The largest absolute Gasteiger partial charge is 0.481 e. The molecule has 3 heteroatoms. The second-order valence-electron chi connectivity index (χ2n) is 3.15. The van der Waals surface area contributed by atoms with E-state index in [0.717, 1.165) is 19.3 Å². The van der Waals surface area contributed by atoms with Crippen LogP contribution in [0.1, 0.15) is 16.9 Å². The van der Waals surface area contributed by atoms with Crippen molar-refractivity contribution >= 4 is 17.3 Å². The molecule has 1 aromatic heterocycles. The van der Waals surface area contributed by atoms with Crippen LogP contribution in [0, 0.1) is 5.92 Å². The fraction of sp³-hybridized carbons (Fsp3) is 0.444. The molecule has 1 aliphatic carbocycles. The summed E-state index contributed by atoms with van der Waals surface area (Å²) in [6.07, 6.45) is 2.49. The lowest BCUT2D eigenvalue weighted by molar-refractivity contribution is -0.142. The van der Waals surface area contributed by atoms with Gasteiger partial charge in [-0.3, -0.25) is 4.79 Å². The standard InChI is InChI=1S/C9H10O2S/c10-9(11)7-1-2-8-6(5-7)3-4-12-8/h3-4,7H,1-2,5H2,(H,10,11). The molecule has 1 aliphatic rings. The number of aliphatic carboxylic acids is 1. The Balaban J connectivity index is 2.20.